The fraction of sp³-hybridized carbons (Fsp3) is 0.143. The normalized spacial score (nSPS) is 11.7. The molecule has 3 nitrogen and oxygen atoms in total. The molecule has 0 heterocycles. The zero-order valence-electron chi connectivity index (χ0n) is 19.9. The first kappa shape index (κ1) is 27.5. The van der Waals surface area contributed by atoms with Crippen molar-refractivity contribution in [3.05, 3.63) is 119 Å². The molecule has 0 aliphatic carbocycles. The Hall–Kier alpha value is -3.07. The lowest BCUT2D eigenvalue weighted by Crippen LogP contribution is -2.12. The maximum absolute atomic E-state index is 12.2. The Labute approximate surface area is 212 Å². The molecule has 0 saturated heterocycles. The van der Waals surface area contributed by atoms with E-state index < -0.39 is 26.8 Å². The minimum Gasteiger partial charge on any atom is -0.744 e. The molecule has 0 bridgehead atoms. The highest BCUT2D eigenvalue weighted by Gasteiger charge is 2.34. The standard InChI is InChI=1S/C21H21S.C7H5F3O3S/c1-16-4-10-19(11-5-16)22(20-12-6-17(2)7-13-20)21-14-8-18(3)9-15-21;8-7(9,10)5-3-1-2-4-6(5)14(11,12)13/h4-15H,1-3H3;1-4H,(H,11,12,13)/q+1;/p-1. The molecule has 0 aliphatic heterocycles. The van der Waals surface area contributed by atoms with Crippen LogP contribution in [0.3, 0.4) is 0 Å². The third-order valence-corrected chi connectivity index (χ3v) is 8.36. The van der Waals surface area contributed by atoms with Gasteiger partial charge in [-0.05, 0) is 69.3 Å². The summed E-state index contributed by atoms with van der Waals surface area (Å²) in [6, 6.07) is 30.1. The zero-order valence-corrected chi connectivity index (χ0v) is 21.5. The van der Waals surface area contributed by atoms with Gasteiger partial charge in [0.1, 0.15) is 10.1 Å². The van der Waals surface area contributed by atoms with Gasteiger partial charge in [-0.15, -0.1) is 0 Å². The minimum atomic E-state index is -5.09. The van der Waals surface area contributed by atoms with Crippen LogP contribution in [0.4, 0.5) is 13.2 Å². The van der Waals surface area contributed by atoms with E-state index in [-0.39, 0.29) is 10.9 Å². The first-order chi connectivity index (χ1) is 16.9. The summed E-state index contributed by atoms with van der Waals surface area (Å²) in [5.41, 5.74) is 2.48. The predicted molar refractivity (Wildman–Crippen MR) is 135 cm³/mol. The van der Waals surface area contributed by atoms with Crippen molar-refractivity contribution in [3.8, 4) is 0 Å². The van der Waals surface area contributed by atoms with Crippen molar-refractivity contribution >= 4 is 21.0 Å². The molecule has 4 aromatic carbocycles. The van der Waals surface area contributed by atoms with Gasteiger partial charge in [-0.25, -0.2) is 8.42 Å². The Kier molecular flexibility index (Phi) is 8.66. The minimum absolute atomic E-state index is 0.0394. The predicted octanol–water partition coefficient (Wildman–Crippen LogP) is 7.32. The van der Waals surface area contributed by atoms with Crippen LogP contribution in [0.15, 0.2) is 117 Å². The molecular weight excluding hydrogens is 505 g/mol. The largest absolute Gasteiger partial charge is 0.744 e. The maximum atomic E-state index is 12.2. The summed E-state index contributed by atoms with van der Waals surface area (Å²) in [5.74, 6) is 0. The lowest BCUT2D eigenvalue weighted by molar-refractivity contribution is -0.140. The molecule has 0 aromatic heterocycles. The summed E-state index contributed by atoms with van der Waals surface area (Å²) in [4.78, 5) is 2.88. The van der Waals surface area contributed by atoms with Crippen LogP contribution in [0.5, 0.6) is 0 Å². The van der Waals surface area contributed by atoms with E-state index in [1.54, 1.807) is 0 Å². The van der Waals surface area contributed by atoms with Gasteiger partial charge in [-0.1, -0.05) is 65.2 Å². The van der Waals surface area contributed by atoms with E-state index >= 15 is 0 Å². The molecule has 0 amide bonds. The molecular formula is C28H25F3O3S2. The van der Waals surface area contributed by atoms with Crippen LogP contribution in [0.1, 0.15) is 22.3 Å². The average Bonchev–Trinajstić information content (AvgIpc) is 2.82. The van der Waals surface area contributed by atoms with Gasteiger partial charge in [0.2, 0.25) is 0 Å². The quantitative estimate of drug-likeness (QED) is 0.205. The second kappa shape index (κ2) is 11.3. The molecule has 8 heteroatoms. The molecule has 4 rings (SSSR count). The Morgan fingerprint density at radius 1 is 0.611 bits per heavy atom. The molecule has 0 radical (unpaired) electrons. The highest BCUT2D eigenvalue weighted by Crippen LogP contribution is 2.34. The van der Waals surface area contributed by atoms with Crippen LogP contribution in [0, 0.1) is 20.8 Å². The number of hydrogen-bond donors (Lipinski definition) is 0. The van der Waals surface area contributed by atoms with Crippen molar-refractivity contribution in [2.75, 3.05) is 0 Å². The molecule has 0 atom stereocenters. The number of benzene rings is 4. The van der Waals surface area contributed by atoms with Crippen molar-refractivity contribution in [2.45, 2.75) is 46.5 Å². The van der Waals surface area contributed by atoms with Gasteiger partial charge in [0.15, 0.2) is 14.7 Å². The molecule has 0 fully saturated rings. The monoisotopic (exact) mass is 530 g/mol. The van der Waals surface area contributed by atoms with Gasteiger partial charge in [0, 0.05) is 0 Å². The van der Waals surface area contributed by atoms with Crippen LogP contribution in [-0.4, -0.2) is 13.0 Å². The van der Waals surface area contributed by atoms with Crippen LogP contribution in [0.25, 0.3) is 0 Å². The number of alkyl halides is 3. The summed E-state index contributed by atoms with van der Waals surface area (Å²) in [6.07, 6.45) is -4.84. The van der Waals surface area contributed by atoms with Gasteiger partial charge in [-0.3, -0.25) is 0 Å². The summed E-state index contributed by atoms with van der Waals surface area (Å²) < 4.78 is 67.9. The van der Waals surface area contributed by atoms with Crippen LogP contribution >= 0.6 is 0 Å². The molecule has 4 aromatic rings. The van der Waals surface area contributed by atoms with Crippen LogP contribution in [-0.2, 0) is 27.2 Å². The van der Waals surface area contributed by atoms with Gasteiger partial charge < -0.3 is 4.55 Å². The lowest BCUT2D eigenvalue weighted by atomic mass is 10.2. The molecule has 36 heavy (non-hydrogen) atoms. The number of hydrogen-bond acceptors (Lipinski definition) is 3. The van der Waals surface area contributed by atoms with E-state index in [0.29, 0.717) is 12.1 Å². The first-order valence-corrected chi connectivity index (χ1v) is 13.6. The molecule has 0 spiro atoms. The van der Waals surface area contributed by atoms with E-state index in [9.17, 15) is 26.1 Å². The van der Waals surface area contributed by atoms with E-state index in [1.165, 1.54) is 31.4 Å². The Morgan fingerprint density at radius 3 is 1.22 bits per heavy atom. The second-order valence-electron chi connectivity index (χ2n) is 8.19. The van der Waals surface area contributed by atoms with Crippen LogP contribution < -0.4 is 0 Å². The third-order valence-electron chi connectivity index (χ3n) is 5.23. The zero-order chi connectivity index (χ0) is 26.5. The summed E-state index contributed by atoms with van der Waals surface area (Å²) in [5, 5.41) is 0. The maximum Gasteiger partial charge on any atom is 0.417 e. The third kappa shape index (κ3) is 7.22. The van der Waals surface area contributed by atoms with Crippen molar-refractivity contribution in [1.29, 1.82) is 0 Å². The molecule has 188 valence electrons. The molecule has 0 saturated carbocycles. The van der Waals surface area contributed by atoms with Crippen molar-refractivity contribution in [2.24, 2.45) is 0 Å². The van der Waals surface area contributed by atoms with Crippen molar-refractivity contribution in [3.63, 3.8) is 0 Å². The summed E-state index contributed by atoms with van der Waals surface area (Å²) in [6.45, 7) is 6.42. The highest BCUT2D eigenvalue weighted by molar-refractivity contribution is 7.97. The summed E-state index contributed by atoms with van der Waals surface area (Å²) in [7, 11) is -5.13. The topological polar surface area (TPSA) is 57.2 Å². The van der Waals surface area contributed by atoms with Crippen molar-refractivity contribution in [1.82, 2.24) is 0 Å². The Balaban J connectivity index is 0.000000223. The summed E-state index contributed by atoms with van der Waals surface area (Å²) >= 11 is 0. The fourth-order valence-corrected chi connectivity index (χ4v) is 6.09. The van der Waals surface area contributed by atoms with E-state index in [4.69, 9.17) is 0 Å². The van der Waals surface area contributed by atoms with Gasteiger partial charge in [0.05, 0.1) is 21.4 Å². The number of halogens is 3. The Morgan fingerprint density at radius 2 is 0.944 bits per heavy atom. The number of aryl methyl sites for hydroxylation is 3. The second-order valence-corrected chi connectivity index (χ2v) is 11.6. The first-order valence-electron chi connectivity index (χ1n) is 10.9. The van der Waals surface area contributed by atoms with E-state index in [0.717, 1.165) is 12.1 Å². The van der Waals surface area contributed by atoms with Crippen LogP contribution in [0.2, 0.25) is 0 Å². The lowest BCUT2D eigenvalue weighted by Gasteiger charge is -2.14. The average molecular weight is 531 g/mol. The molecule has 0 aliphatic rings. The highest BCUT2D eigenvalue weighted by atomic mass is 32.2. The fourth-order valence-electron chi connectivity index (χ4n) is 3.35. The van der Waals surface area contributed by atoms with E-state index in [2.05, 4.69) is 93.6 Å². The van der Waals surface area contributed by atoms with Gasteiger partial charge >= 0.3 is 6.18 Å². The van der Waals surface area contributed by atoms with E-state index in [1.807, 2.05) is 0 Å². The molecule has 0 unspecified atom stereocenters. The molecule has 0 N–H and O–H groups in total. The SMILES string of the molecule is Cc1ccc([S+](c2ccc(C)cc2)c2ccc(C)cc2)cc1.O=S(=O)([O-])c1ccccc1C(F)(F)F. The number of rotatable bonds is 4. The smallest absolute Gasteiger partial charge is 0.417 e. The van der Waals surface area contributed by atoms with Gasteiger partial charge in [-0.2, -0.15) is 13.2 Å². The van der Waals surface area contributed by atoms with Gasteiger partial charge in [0.25, 0.3) is 0 Å². The Bertz CT molecular complexity index is 1290. The van der Waals surface area contributed by atoms with Crippen molar-refractivity contribution < 1.29 is 26.1 Å².